The van der Waals surface area contributed by atoms with Crippen molar-refractivity contribution in [2.24, 2.45) is 0 Å². The second-order valence-corrected chi connectivity index (χ2v) is 6.83. The third-order valence-corrected chi connectivity index (χ3v) is 4.79. The molecule has 2 heterocycles. The number of ether oxygens (including phenoxy) is 2. The van der Waals surface area contributed by atoms with Gasteiger partial charge in [0.25, 0.3) is 0 Å². The first-order valence-corrected chi connectivity index (χ1v) is 8.69. The van der Waals surface area contributed by atoms with Crippen molar-refractivity contribution >= 4 is 6.03 Å². The zero-order valence-corrected chi connectivity index (χ0v) is 14.8. The van der Waals surface area contributed by atoms with Crippen molar-refractivity contribution in [2.75, 3.05) is 45.9 Å². The van der Waals surface area contributed by atoms with E-state index in [0.29, 0.717) is 13.2 Å². The molecule has 1 aromatic carbocycles. The number of carbonyl (C=O) groups is 1. The number of carbonyl (C=O) groups excluding carboxylic acids is 1. The normalized spacial score (nSPS) is 18.4. The Kier molecular flexibility index (Phi) is 4.85. The summed E-state index contributed by atoms with van der Waals surface area (Å²) < 4.78 is 11.2. The third-order valence-electron chi connectivity index (χ3n) is 4.79. The van der Waals surface area contributed by atoms with Crippen molar-refractivity contribution < 1.29 is 14.3 Å². The fourth-order valence-corrected chi connectivity index (χ4v) is 3.12. The Balaban J connectivity index is 1.66. The molecule has 0 radical (unpaired) electrons. The van der Waals surface area contributed by atoms with Crippen LogP contribution in [0.15, 0.2) is 18.2 Å². The van der Waals surface area contributed by atoms with Crippen LogP contribution in [0.25, 0.3) is 0 Å². The number of rotatable bonds is 3. The zero-order valence-electron chi connectivity index (χ0n) is 14.8. The van der Waals surface area contributed by atoms with Gasteiger partial charge in [0.15, 0.2) is 11.5 Å². The van der Waals surface area contributed by atoms with Gasteiger partial charge >= 0.3 is 6.03 Å². The summed E-state index contributed by atoms with van der Waals surface area (Å²) in [6, 6.07) is 5.86. The highest BCUT2D eigenvalue weighted by atomic mass is 16.6. The molecule has 0 unspecified atom stereocenters. The lowest BCUT2D eigenvalue weighted by molar-refractivity contribution is 0.137. The molecule has 0 spiro atoms. The number of amides is 2. The van der Waals surface area contributed by atoms with E-state index >= 15 is 0 Å². The van der Waals surface area contributed by atoms with Gasteiger partial charge in [-0.1, -0.05) is 13.0 Å². The molecule has 6 nitrogen and oxygen atoms in total. The summed E-state index contributed by atoms with van der Waals surface area (Å²) >= 11 is 0. The average Bonchev–Trinajstić information content (AvgIpc) is 2.61. The monoisotopic (exact) mass is 333 g/mol. The van der Waals surface area contributed by atoms with E-state index in [1.54, 1.807) is 0 Å². The topological polar surface area (TPSA) is 54.0 Å². The second-order valence-electron chi connectivity index (χ2n) is 6.83. The molecule has 0 bridgehead atoms. The van der Waals surface area contributed by atoms with Crippen LogP contribution in [0.1, 0.15) is 26.3 Å². The Morgan fingerprint density at radius 2 is 1.79 bits per heavy atom. The van der Waals surface area contributed by atoms with Crippen LogP contribution in [0.3, 0.4) is 0 Å². The van der Waals surface area contributed by atoms with Gasteiger partial charge in [-0.3, -0.25) is 0 Å². The van der Waals surface area contributed by atoms with Gasteiger partial charge in [-0.25, -0.2) is 4.79 Å². The van der Waals surface area contributed by atoms with Crippen LogP contribution in [0, 0.1) is 0 Å². The standard InChI is InChI=1S/C18H27N3O3/c1-4-20-7-9-21(10-8-20)17(22)19-18(2,3)14-5-6-15-16(13-14)24-12-11-23-15/h5-6,13H,4,7-12H2,1-3H3,(H,19,22). The maximum atomic E-state index is 12.6. The molecule has 1 fully saturated rings. The number of hydrogen-bond donors (Lipinski definition) is 1. The zero-order chi connectivity index (χ0) is 17.2. The summed E-state index contributed by atoms with van der Waals surface area (Å²) in [6.07, 6.45) is 0. The first-order chi connectivity index (χ1) is 11.5. The molecular weight excluding hydrogens is 306 g/mol. The smallest absolute Gasteiger partial charge is 0.318 e. The first kappa shape index (κ1) is 16.9. The van der Waals surface area contributed by atoms with Crippen LogP contribution >= 0.6 is 0 Å². The lowest BCUT2D eigenvalue weighted by atomic mass is 9.94. The van der Waals surface area contributed by atoms with Gasteiger partial charge in [0.05, 0.1) is 5.54 Å². The van der Waals surface area contributed by atoms with E-state index in [9.17, 15) is 4.79 Å². The maximum Gasteiger partial charge on any atom is 0.318 e. The summed E-state index contributed by atoms with van der Waals surface area (Å²) in [6.45, 7) is 11.8. The van der Waals surface area contributed by atoms with Crippen molar-refractivity contribution in [3.05, 3.63) is 23.8 Å². The van der Waals surface area contributed by atoms with E-state index in [-0.39, 0.29) is 6.03 Å². The summed E-state index contributed by atoms with van der Waals surface area (Å²) in [4.78, 5) is 16.9. The summed E-state index contributed by atoms with van der Waals surface area (Å²) in [5.74, 6) is 1.51. The quantitative estimate of drug-likeness (QED) is 0.920. The van der Waals surface area contributed by atoms with Crippen molar-refractivity contribution in [2.45, 2.75) is 26.3 Å². The molecule has 0 aromatic heterocycles. The molecule has 2 amide bonds. The highest BCUT2D eigenvalue weighted by Crippen LogP contribution is 2.34. The van der Waals surface area contributed by atoms with Gasteiger partial charge in [-0.2, -0.15) is 0 Å². The van der Waals surface area contributed by atoms with Crippen LogP contribution in [0.2, 0.25) is 0 Å². The molecule has 2 aliphatic heterocycles. The van der Waals surface area contributed by atoms with E-state index in [4.69, 9.17) is 9.47 Å². The SMILES string of the molecule is CCN1CCN(C(=O)NC(C)(C)c2ccc3c(c2)OCCO3)CC1. The molecule has 132 valence electrons. The van der Waals surface area contributed by atoms with Gasteiger partial charge in [0, 0.05) is 26.2 Å². The molecular formula is C18H27N3O3. The van der Waals surface area contributed by atoms with E-state index in [1.165, 1.54) is 0 Å². The van der Waals surface area contributed by atoms with Crippen LogP contribution in [0.4, 0.5) is 4.79 Å². The van der Waals surface area contributed by atoms with Crippen LogP contribution in [-0.4, -0.2) is 61.8 Å². The molecule has 24 heavy (non-hydrogen) atoms. The molecule has 0 atom stereocenters. The summed E-state index contributed by atoms with van der Waals surface area (Å²) in [7, 11) is 0. The Hall–Kier alpha value is -1.95. The predicted octanol–water partition coefficient (Wildman–Crippen LogP) is 2.04. The minimum atomic E-state index is -0.477. The molecule has 2 aliphatic rings. The average molecular weight is 333 g/mol. The molecule has 0 saturated carbocycles. The van der Waals surface area contributed by atoms with Gasteiger partial charge in [-0.15, -0.1) is 0 Å². The van der Waals surface area contributed by atoms with Crippen LogP contribution < -0.4 is 14.8 Å². The van der Waals surface area contributed by atoms with Gasteiger partial charge < -0.3 is 24.6 Å². The number of fused-ring (bicyclic) bond motifs is 1. The summed E-state index contributed by atoms with van der Waals surface area (Å²) in [5.41, 5.74) is 0.529. The predicted molar refractivity (Wildman–Crippen MR) is 92.7 cm³/mol. The van der Waals surface area contributed by atoms with Gasteiger partial charge in [-0.05, 0) is 38.1 Å². The third kappa shape index (κ3) is 3.59. The largest absolute Gasteiger partial charge is 0.486 e. The number of nitrogens with one attached hydrogen (secondary N) is 1. The maximum absolute atomic E-state index is 12.6. The van der Waals surface area contributed by atoms with Crippen molar-refractivity contribution in [3.8, 4) is 11.5 Å². The van der Waals surface area contributed by atoms with Crippen molar-refractivity contribution in [1.82, 2.24) is 15.1 Å². The molecule has 3 rings (SSSR count). The summed E-state index contributed by atoms with van der Waals surface area (Å²) in [5, 5.41) is 3.15. The molecule has 1 saturated heterocycles. The number of piperazine rings is 1. The fraction of sp³-hybridized carbons (Fsp3) is 0.611. The highest BCUT2D eigenvalue weighted by Gasteiger charge is 2.28. The molecule has 0 aliphatic carbocycles. The minimum absolute atomic E-state index is 0.00866. The first-order valence-electron chi connectivity index (χ1n) is 8.69. The van der Waals surface area contributed by atoms with E-state index in [2.05, 4.69) is 17.1 Å². The number of benzene rings is 1. The second kappa shape index (κ2) is 6.89. The number of likely N-dealkylation sites (N-methyl/N-ethyl adjacent to an activating group) is 1. The van der Waals surface area contributed by atoms with Gasteiger partial charge in [0.2, 0.25) is 0 Å². The number of nitrogens with zero attached hydrogens (tertiary/aromatic N) is 2. The fourth-order valence-electron chi connectivity index (χ4n) is 3.12. The van der Waals surface area contributed by atoms with E-state index in [1.807, 2.05) is 36.9 Å². The molecule has 6 heteroatoms. The van der Waals surface area contributed by atoms with Crippen LogP contribution in [-0.2, 0) is 5.54 Å². The minimum Gasteiger partial charge on any atom is -0.486 e. The molecule has 1 N–H and O–H groups in total. The Labute approximate surface area is 143 Å². The van der Waals surface area contributed by atoms with Crippen molar-refractivity contribution in [3.63, 3.8) is 0 Å². The lowest BCUT2D eigenvalue weighted by Gasteiger charge is -2.37. The van der Waals surface area contributed by atoms with Crippen LogP contribution in [0.5, 0.6) is 11.5 Å². The Morgan fingerprint density at radius 1 is 1.12 bits per heavy atom. The number of hydrogen-bond acceptors (Lipinski definition) is 4. The van der Waals surface area contributed by atoms with E-state index in [0.717, 1.165) is 49.8 Å². The number of urea groups is 1. The molecule has 1 aromatic rings. The highest BCUT2D eigenvalue weighted by molar-refractivity contribution is 5.75. The Bertz CT molecular complexity index is 595. The Morgan fingerprint density at radius 3 is 2.46 bits per heavy atom. The van der Waals surface area contributed by atoms with Crippen molar-refractivity contribution in [1.29, 1.82) is 0 Å². The lowest BCUT2D eigenvalue weighted by Crippen LogP contribution is -2.54. The van der Waals surface area contributed by atoms with E-state index < -0.39 is 5.54 Å². The van der Waals surface area contributed by atoms with Gasteiger partial charge in [0.1, 0.15) is 13.2 Å².